The summed E-state index contributed by atoms with van der Waals surface area (Å²) in [5.41, 5.74) is 0. The molecule has 3 heterocycles. The van der Waals surface area contributed by atoms with E-state index in [1.165, 1.54) is 45.2 Å². The Balaban J connectivity index is 1.51. The number of morpholine rings is 1. The second kappa shape index (κ2) is 4.04. The van der Waals surface area contributed by atoms with Crippen molar-refractivity contribution >= 4 is 0 Å². The van der Waals surface area contributed by atoms with Gasteiger partial charge in [0.05, 0.1) is 12.2 Å². The van der Waals surface area contributed by atoms with Gasteiger partial charge in [-0.15, -0.1) is 0 Å². The van der Waals surface area contributed by atoms with E-state index >= 15 is 0 Å². The zero-order chi connectivity index (χ0) is 10.3. The predicted octanol–water partition coefficient (Wildman–Crippen LogP) is 0.990. The van der Waals surface area contributed by atoms with Gasteiger partial charge in [-0.25, -0.2) is 0 Å². The first-order valence-corrected chi connectivity index (χ1v) is 6.42. The smallest absolute Gasteiger partial charge is 0.0731 e. The quantitative estimate of drug-likeness (QED) is 0.735. The van der Waals surface area contributed by atoms with Crippen LogP contribution >= 0.6 is 0 Å². The molecule has 2 atom stereocenters. The minimum Gasteiger partial charge on any atom is -0.372 e. The molecule has 1 N–H and O–H groups in total. The average Bonchev–Trinajstić information content (AvgIpc) is 2.28. The minimum atomic E-state index is 0.575. The number of piperidine rings is 1. The maximum atomic E-state index is 5.68. The second-order valence-corrected chi connectivity index (χ2v) is 5.36. The zero-order valence-corrected chi connectivity index (χ0v) is 9.61. The molecule has 4 rings (SSSR count). The molecule has 0 aromatic heterocycles. The first kappa shape index (κ1) is 10.1. The molecule has 0 radical (unpaired) electrons. The molecule has 0 aromatic rings. The molecule has 1 saturated carbocycles. The zero-order valence-electron chi connectivity index (χ0n) is 9.61. The van der Waals surface area contributed by atoms with Crippen molar-refractivity contribution < 1.29 is 4.74 Å². The molecule has 86 valence electrons. The molecule has 0 amide bonds. The van der Waals surface area contributed by atoms with Crippen LogP contribution in [0.2, 0.25) is 0 Å². The average molecular weight is 210 g/mol. The van der Waals surface area contributed by atoms with Crippen LogP contribution in [-0.2, 0) is 4.74 Å². The van der Waals surface area contributed by atoms with Crippen LogP contribution in [0.4, 0.5) is 0 Å². The Labute approximate surface area is 92.2 Å². The van der Waals surface area contributed by atoms with Crippen molar-refractivity contribution in [3.63, 3.8) is 0 Å². The van der Waals surface area contributed by atoms with Gasteiger partial charge in [0.25, 0.3) is 0 Å². The molecule has 1 aliphatic carbocycles. The Bertz CT molecular complexity index is 210. The van der Waals surface area contributed by atoms with Crippen molar-refractivity contribution in [2.45, 2.75) is 56.4 Å². The summed E-state index contributed by atoms with van der Waals surface area (Å²) in [5, 5.41) is 3.40. The van der Waals surface area contributed by atoms with Crippen molar-refractivity contribution in [1.82, 2.24) is 10.2 Å². The van der Waals surface area contributed by atoms with Crippen LogP contribution in [0.5, 0.6) is 0 Å². The molecular formula is C12H22N2O. The van der Waals surface area contributed by atoms with Gasteiger partial charge in [0, 0.05) is 31.6 Å². The highest BCUT2D eigenvalue weighted by atomic mass is 16.5. The van der Waals surface area contributed by atoms with E-state index < -0.39 is 0 Å². The molecule has 3 nitrogen and oxygen atoms in total. The molecule has 4 aliphatic rings. The van der Waals surface area contributed by atoms with Crippen LogP contribution in [0.3, 0.4) is 0 Å². The number of nitrogens with zero attached hydrogens (tertiary/aromatic N) is 1. The van der Waals surface area contributed by atoms with Gasteiger partial charge in [0.15, 0.2) is 0 Å². The number of fused-ring (bicyclic) bond motifs is 2. The van der Waals surface area contributed by atoms with Crippen LogP contribution in [-0.4, -0.2) is 49.3 Å². The lowest BCUT2D eigenvalue weighted by molar-refractivity contribution is -0.189. The van der Waals surface area contributed by atoms with Gasteiger partial charge < -0.3 is 10.1 Å². The van der Waals surface area contributed by atoms with E-state index in [0.717, 1.165) is 12.1 Å². The normalized spacial score (nSPS) is 46.2. The minimum absolute atomic E-state index is 0.575. The Morgan fingerprint density at radius 2 is 1.67 bits per heavy atom. The maximum absolute atomic E-state index is 5.68. The molecule has 0 spiro atoms. The molecule has 2 unspecified atom stereocenters. The van der Waals surface area contributed by atoms with Crippen molar-refractivity contribution in [1.29, 1.82) is 0 Å². The van der Waals surface area contributed by atoms with Crippen molar-refractivity contribution in [3.05, 3.63) is 0 Å². The molecule has 15 heavy (non-hydrogen) atoms. The summed E-state index contributed by atoms with van der Waals surface area (Å²) in [4.78, 5) is 2.69. The SMILES string of the molecule is CNC1CCC(N2CC3CC(C2)O3)CC1. The van der Waals surface area contributed by atoms with Crippen molar-refractivity contribution in [2.24, 2.45) is 0 Å². The fraction of sp³-hybridized carbons (Fsp3) is 1.00. The summed E-state index contributed by atoms with van der Waals surface area (Å²) in [6.45, 7) is 2.40. The summed E-state index contributed by atoms with van der Waals surface area (Å²) >= 11 is 0. The maximum Gasteiger partial charge on any atom is 0.0731 e. The number of hydrogen-bond donors (Lipinski definition) is 1. The summed E-state index contributed by atoms with van der Waals surface area (Å²) in [6, 6.07) is 1.63. The third-order valence-electron chi connectivity index (χ3n) is 4.41. The van der Waals surface area contributed by atoms with Gasteiger partial charge in [0.1, 0.15) is 0 Å². The molecule has 0 aromatic carbocycles. The van der Waals surface area contributed by atoms with Gasteiger partial charge >= 0.3 is 0 Å². The fourth-order valence-corrected chi connectivity index (χ4v) is 3.41. The highest BCUT2D eigenvalue weighted by molar-refractivity contribution is 4.93. The fourth-order valence-electron chi connectivity index (χ4n) is 3.41. The van der Waals surface area contributed by atoms with Crippen LogP contribution < -0.4 is 5.32 Å². The molecule has 4 fully saturated rings. The van der Waals surface area contributed by atoms with E-state index in [4.69, 9.17) is 4.74 Å². The van der Waals surface area contributed by atoms with E-state index in [2.05, 4.69) is 17.3 Å². The van der Waals surface area contributed by atoms with E-state index in [1.807, 2.05) is 0 Å². The van der Waals surface area contributed by atoms with E-state index in [0.29, 0.717) is 12.2 Å². The Morgan fingerprint density at radius 1 is 1.07 bits per heavy atom. The van der Waals surface area contributed by atoms with Gasteiger partial charge in [0.2, 0.25) is 0 Å². The summed E-state index contributed by atoms with van der Waals surface area (Å²) in [6.07, 6.45) is 7.94. The first-order valence-electron chi connectivity index (χ1n) is 6.42. The third kappa shape index (κ3) is 1.93. The lowest BCUT2D eigenvalue weighted by Gasteiger charge is -2.50. The number of nitrogens with one attached hydrogen (secondary N) is 1. The van der Waals surface area contributed by atoms with Crippen LogP contribution in [0.1, 0.15) is 32.1 Å². The molecule has 3 saturated heterocycles. The molecule has 3 heteroatoms. The van der Waals surface area contributed by atoms with Gasteiger partial charge in [-0.1, -0.05) is 0 Å². The number of rotatable bonds is 2. The summed E-state index contributed by atoms with van der Waals surface area (Å²) in [5.74, 6) is 0. The standard InChI is InChI=1S/C12H22N2O/c1-13-9-2-4-10(5-3-9)14-7-11-6-12(8-14)15-11/h9-13H,2-8H2,1H3. The third-order valence-corrected chi connectivity index (χ3v) is 4.41. The first-order chi connectivity index (χ1) is 7.35. The summed E-state index contributed by atoms with van der Waals surface area (Å²) < 4.78 is 5.68. The van der Waals surface area contributed by atoms with E-state index in [9.17, 15) is 0 Å². The lowest BCUT2D eigenvalue weighted by atomic mass is 9.87. The van der Waals surface area contributed by atoms with Gasteiger partial charge in [-0.2, -0.15) is 0 Å². The van der Waals surface area contributed by atoms with Crippen molar-refractivity contribution in [2.75, 3.05) is 20.1 Å². The van der Waals surface area contributed by atoms with Gasteiger partial charge in [-0.3, -0.25) is 4.90 Å². The van der Waals surface area contributed by atoms with Crippen LogP contribution in [0, 0.1) is 0 Å². The van der Waals surface area contributed by atoms with E-state index in [-0.39, 0.29) is 0 Å². The molecular weight excluding hydrogens is 188 g/mol. The second-order valence-electron chi connectivity index (χ2n) is 5.36. The number of ether oxygens (including phenoxy) is 1. The largest absolute Gasteiger partial charge is 0.372 e. The summed E-state index contributed by atoms with van der Waals surface area (Å²) in [7, 11) is 2.09. The monoisotopic (exact) mass is 210 g/mol. The van der Waals surface area contributed by atoms with Crippen molar-refractivity contribution in [3.8, 4) is 0 Å². The molecule has 3 aliphatic heterocycles. The van der Waals surface area contributed by atoms with Crippen LogP contribution in [0.15, 0.2) is 0 Å². The Morgan fingerprint density at radius 3 is 2.20 bits per heavy atom. The molecule has 2 bridgehead atoms. The number of hydrogen-bond acceptors (Lipinski definition) is 3. The highest BCUT2D eigenvalue weighted by Gasteiger charge is 2.40. The highest BCUT2D eigenvalue weighted by Crippen LogP contribution is 2.32. The topological polar surface area (TPSA) is 24.5 Å². The van der Waals surface area contributed by atoms with Crippen LogP contribution in [0.25, 0.3) is 0 Å². The Hall–Kier alpha value is -0.120. The predicted molar refractivity (Wildman–Crippen MR) is 60.0 cm³/mol. The van der Waals surface area contributed by atoms with Gasteiger partial charge in [-0.05, 0) is 32.7 Å². The Kier molecular flexibility index (Phi) is 2.71. The van der Waals surface area contributed by atoms with E-state index in [1.54, 1.807) is 0 Å². The lowest BCUT2D eigenvalue weighted by Crippen LogP contribution is -2.60.